The number of nitrogens with one attached hydrogen (secondary N) is 1. The van der Waals surface area contributed by atoms with Crippen molar-refractivity contribution in [2.24, 2.45) is 11.8 Å². The lowest BCUT2D eigenvalue weighted by atomic mass is 9.70. The van der Waals surface area contributed by atoms with E-state index < -0.39 is 17.8 Å². The molecule has 1 aromatic rings. The highest BCUT2D eigenvalue weighted by atomic mass is 16.4. The van der Waals surface area contributed by atoms with Crippen LogP contribution in [0.3, 0.4) is 0 Å². The lowest BCUT2D eigenvalue weighted by Gasteiger charge is -2.32. The monoisotopic (exact) mass is 259 g/mol. The molecular formula is C14H13NO4. The Kier molecular flexibility index (Phi) is 2.62. The van der Waals surface area contributed by atoms with Crippen molar-refractivity contribution in [3.63, 3.8) is 0 Å². The Morgan fingerprint density at radius 1 is 1.21 bits per heavy atom. The van der Waals surface area contributed by atoms with E-state index in [0.717, 1.165) is 11.3 Å². The first-order valence-corrected chi connectivity index (χ1v) is 6.26. The lowest BCUT2D eigenvalue weighted by molar-refractivity contribution is -0.146. The average Bonchev–Trinajstić information content (AvgIpc) is 2.65. The van der Waals surface area contributed by atoms with Gasteiger partial charge in [-0.2, -0.15) is 0 Å². The first kappa shape index (κ1) is 11.9. The summed E-state index contributed by atoms with van der Waals surface area (Å²) >= 11 is 0. The third-order valence-electron chi connectivity index (χ3n) is 3.94. The van der Waals surface area contributed by atoms with Crippen molar-refractivity contribution in [2.75, 3.05) is 5.32 Å². The zero-order chi connectivity index (χ0) is 13.6. The molecule has 0 aromatic heterocycles. The fourth-order valence-corrected chi connectivity index (χ4v) is 2.71. The second kappa shape index (κ2) is 4.19. The van der Waals surface area contributed by atoms with Crippen LogP contribution in [-0.4, -0.2) is 22.8 Å². The van der Waals surface area contributed by atoms with Crippen LogP contribution in [0.5, 0.6) is 0 Å². The van der Waals surface area contributed by atoms with Crippen molar-refractivity contribution < 1.29 is 19.5 Å². The molecule has 0 spiro atoms. The molecule has 1 amide bonds. The second-order valence-electron chi connectivity index (χ2n) is 5.09. The number of rotatable bonds is 3. The normalized spacial score (nSPS) is 24.3. The van der Waals surface area contributed by atoms with E-state index in [1.165, 1.54) is 0 Å². The van der Waals surface area contributed by atoms with Gasteiger partial charge in [-0.1, -0.05) is 0 Å². The van der Waals surface area contributed by atoms with Gasteiger partial charge in [-0.25, -0.2) is 0 Å². The van der Waals surface area contributed by atoms with Crippen molar-refractivity contribution in [3.05, 3.63) is 29.3 Å². The largest absolute Gasteiger partial charge is 0.481 e. The number of anilines is 1. The molecule has 2 atom stereocenters. The molecular weight excluding hydrogens is 246 g/mol. The van der Waals surface area contributed by atoms with Crippen LogP contribution in [0.2, 0.25) is 0 Å². The molecule has 2 N–H and O–H groups in total. The summed E-state index contributed by atoms with van der Waals surface area (Å²) in [7, 11) is 0. The summed E-state index contributed by atoms with van der Waals surface area (Å²) in [5.41, 5.74) is 2.05. The molecule has 1 saturated carbocycles. The smallest absolute Gasteiger partial charge is 0.307 e. The zero-order valence-corrected chi connectivity index (χ0v) is 10.2. The Morgan fingerprint density at radius 2 is 1.95 bits per heavy atom. The van der Waals surface area contributed by atoms with Crippen molar-refractivity contribution in [2.45, 2.75) is 19.3 Å². The number of amides is 1. The highest BCUT2D eigenvalue weighted by Gasteiger charge is 2.41. The molecule has 1 fully saturated rings. The van der Waals surface area contributed by atoms with Crippen molar-refractivity contribution in [3.8, 4) is 0 Å². The van der Waals surface area contributed by atoms with E-state index in [9.17, 15) is 14.4 Å². The predicted octanol–water partition coefficient (Wildman–Crippen LogP) is 1.47. The SMILES string of the molecule is O=C1Cc2cc(C(=O)C3CCC3C(=O)O)ccc2N1. The maximum atomic E-state index is 12.3. The van der Waals surface area contributed by atoms with Crippen LogP contribution in [0, 0.1) is 11.8 Å². The van der Waals surface area contributed by atoms with Gasteiger partial charge in [0.1, 0.15) is 0 Å². The maximum absolute atomic E-state index is 12.3. The summed E-state index contributed by atoms with van der Waals surface area (Å²) in [6.45, 7) is 0. The molecule has 0 saturated heterocycles. The van der Waals surface area contributed by atoms with Crippen LogP contribution in [0.15, 0.2) is 18.2 Å². The number of carboxylic acids is 1. The van der Waals surface area contributed by atoms with Gasteiger partial charge in [0.2, 0.25) is 5.91 Å². The Bertz CT molecular complexity index is 593. The molecule has 0 radical (unpaired) electrons. The molecule has 2 aliphatic rings. The molecule has 1 aliphatic carbocycles. The lowest BCUT2D eigenvalue weighted by Crippen LogP contribution is -2.38. The molecule has 0 bridgehead atoms. The topological polar surface area (TPSA) is 83.5 Å². The van der Waals surface area contributed by atoms with E-state index in [4.69, 9.17) is 5.11 Å². The number of ketones is 1. The highest BCUT2D eigenvalue weighted by Crippen LogP contribution is 2.37. The average molecular weight is 259 g/mol. The van der Waals surface area contributed by atoms with E-state index in [-0.39, 0.29) is 18.1 Å². The molecule has 5 nitrogen and oxygen atoms in total. The van der Waals surface area contributed by atoms with Crippen LogP contribution in [0.4, 0.5) is 5.69 Å². The fourth-order valence-electron chi connectivity index (χ4n) is 2.71. The summed E-state index contributed by atoms with van der Waals surface area (Å²) in [5.74, 6) is -2.07. The minimum Gasteiger partial charge on any atom is -0.481 e. The van der Waals surface area contributed by atoms with E-state index in [1.54, 1.807) is 18.2 Å². The predicted molar refractivity (Wildman–Crippen MR) is 67.0 cm³/mol. The van der Waals surface area contributed by atoms with Crippen LogP contribution in [0.25, 0.3) is 0 Å². The van der Waals surface area contributed by atoms with Crippen molar-refractivity contribution in [1.82, 2.24) is 0 Å². The van der Waals surface area contributed by atoms with Gasteiger partial charge < -0.3 is 10.4 Å². The third-order valence-corrected chi connectivity index (χ3v) is 3.94. The van der Waals surface area contributed by atoms with E-state index in [2.05, 4.69) is 5.32 Å². The Morgan fingerprint density at radius 3 is 2.58 bits per heavy atom. The zero-order valence-electron chi connectivity index (χ0n) is 10.2. The van der Waals surface area contributed by atoms with Gasteiger partial charge in [-0.05, 0) is 36.6 Å². The number of Topliss-reactive ketones (excluding diaryl/α,β-unsaturated/α-hetero) is 1. The Balaban J connectivity index is 1.84. The minimum atomic E-state index is -0.900. The molecule has 5 heteroatoms. The van der Waals surface area contributed by atoms with Gasteiger partial charge >= 0.3 is 5.97 Å². The summed E-state index contributed by atoms with van der Waals surface area (Å²) in [6.07, 6.45) is 1.48. The van der Waals surface area contributed by atoms with E-state index in [1.807, 2.05) is 0 Å². The van der Waals surface area contributed by atoms with Crippen LogP contribution in [0.1, 0.15) is 28.8 Å². The number of carboxylic acid groups (broad SMARTS) is 1. The number of aliphatic carboxylic acids is 1. The van der Waals surface area contributed by atoms with Gasteiger partial charge in [-0.15, -0.1) is 0 Å². The Labute approximate surface area is 109 Å². The number of carbonyl (C=O) groups excluding carboxylic acids is 2. The Hall–Kier alpha value is -2.17. The van der Waals surface area contributed by atoms with Gasteiger partial charge in [0.25, 0.3) is 0 Å². The summed E-state index contributed by atoms with van der Waals surface area (Å²) in [5, 5.41) is 11.7. The first-order valence-electron chi connectivity index (χ1n) is 6.26. The fraction of sp³-hybridized carbons (Fsp3) is 0.357. The minimum absolute atomic E-state index is 0.0772. The maximum Gasteiger partial charge on any atom is 0.307 e. The molecule has 3 rings (SSSR count). The van der Waals surface area contributed by atoms with E-state index >= 15 is 0 Å². The second-order valence-corrected chi connectivity index (χ2v) is 5.09. The van der Waals surface area contributed by atoms with Crippen LogP contribution < -0.4 is 5.32 Å². The molecule has 98 valence electrons. The molecule has 2 unspecified atom stereocenters. The summed E-state index contributed by atoms with van der Waals surface area (Å²) in [4.78, 5) is 34.5. The number of hydrogen-bond acceptors (Lipinski definition) is 3. The number of benzene rings is 1. The quantitative estimate of drug-likeness (QED) is 0.805. The van der Waals surface area contributed by atoms with Gasteiger partial charge in [-0.3, -0.25) is 14.4 Å². The van der Waals surface area contributed by atoms with Crippen molar-refractivity contribution >= 4 is 23.3 Å². The van der Waals surface area contributed by atoms with Gasteiger partial charge in [0, 0.05) is 17.2 Å². The van der Waals surface area contributed by atoms with Gasteiger partial charge in [0.15, 0.2) is 5.78 Å². The van der Waals surface area contributed by atoms with Gasteiger partial charge in [0.05, 0.1) is 12.3 Å². The third kappa shape index (κ3) is 1.91. The molecule has 1 aromatic carbocycles. The molecule has 1 heterocycles. The van der Waals surface area contributed by atoms with Crippen LogP contribution in [-0.2, 0) is 16.0 Å². The number of carbonyl (C=O) groups is 3. The molecule has 1 aliphatic heterocycles. The standard InChI is InChI=1S/C14H13NO4/c16-12-6-8-5-7(1-4-11(8)15-12)13(17)9-2-3-10(9)14(18)19/h1,4-5,9-10H,2-3,6H2,(H,15,16)(H,18,19). The number of fused-ring (bicyclic) bond motifs is 1. The highest BCUT2D eigenvalue weighted by molar-refractivity contribution is 6.04. The van der Waals surface area contributed by atoms with E-state index in [0.29, 0.717) is 18.4 Å². The number of hydrogen-bond donors (Lipinski definition) is 2. The molecule has 19 heavy (non-hydrogen) atoms. The summed E-state index contributed by atoms with van der Waals surface area (Å²) < 4.78 is 0. The summed E-state index contributed by atoms with van der Waals surface area (Å²) in [6, 6.07) is 5.07. The van der Waals surface area contributed by atoms with Crippen LogP contribution >= 0.6 is 0 Å². The first-order chi connectivity index (χ1) is 9.06. The van der Waals surface area contributed by atoms with Crippen molar-refractivity contribution in [1.29, 1.82) is 0 Å².